The van der Waals surface area contributed by atoms with Crippen molar-refractivity contribution in [3.05, 3.63) is 40.9 Å². The van der Waals surface area contributed by atoms with E-state index < -0.39 is 0 Å². The van der Waals surface area contributed by atoms with Crippen LogP contribution in [0.3, 0.4) is 0 Å². The second-order valence-corrected chi connectivity index (χ2v) is 5.70. The van der Waals surface area contributed by atoms with Crippen LogP contribution in [0.4, 0.5) is 0 Å². The molecule has 0 aliphatic rings. The van der Waals surface area contributed by atoms with E-state index in [4.69, 9.17) is 17.0 Å². The molecule has 0 aliphatic heterocycles. The normalized spacial score (nSPS) is 11.4. The Hall–Kier alpha value is -2.08. The van der Waals surface area contributed by atoms with E-state index in [0.717, 1.165) is 22.5 Å². The lowest BCUT2D eigenvalue weighted by Crippen LogP contribution is -2.06. The van der Waals surface area contributed by atoms with Gasteiger partial charge in [0.1, 0.15) is 11.3 Å². The Morgan fingerprint density at radius 3 is 2.81 bits per heavy atom. The monoisotopic (exact) mass is 302 g/mol. The molecule has 0 amide bonds. The maximum Gasteiger partial charge on any atom is 0.178 e. The van der Waals surface area contributed by atoms with Crippen molar-refractivity contribution in [2.75, 3.05) is 0 Å². The van der Waals surface area contributed by atoms with Gasteiger partial charge in [0.2, 0.25) is 0 Å². The second kappa shape index (κ2) is 5.37. The van der Waals surface area contributed by atoms with Crippen LogP contribution in [0.2, 0.25) is 0 Å². The van der Waals surface area contributed by atoms with Gasteiger partial charge in [0.25, 0.3) is 0 Å². The molecule has 5 nitrogen and oxygen atoms in total. The number of hydrogen-bond donors (Lipinski definition) is 1. The molecule has 21 heavy (non-hydrogen) atoms. The number of ether oxygens (including phenoxy) is 1. The third kappa shape index (κ3) is 2.71. The molecule has 0 atom stereocenters. The molecule has 3 aromatic rings. The first-order valence-electron chi connectivity index (χ1n) is 6.91. The summed E-state index contributed by atoms with van der Waals surface area (Å²) in [5.74, 6) is 0.827. The number of aromatic amines is 1. The van der Waals surface area contributed by atoms with Crippen LogP contribution in [-0.4, -0.2) is 25.4 Å². The van der Waals surface area contributed by atoms with Crippen LogP contribution in [0.15, 0.2) is 30.5 Å². The second-order valence-electron chi connectivity index (χ2n) is 5.31. The SMILES string of the molecule is CC(C)Oc1cccc2c1[nH]c(=S)n2Cc1ccn(C)n1. The van der Waals surface area contributed by atoms with Crippen LogP contribution in [0, 0.1) is 4.77 Å². The molecule has 0 bridgehead atoms. The van der Waals surface area contributed by atoms with E-state index in [2.05, 4.69) is 10.1 Å². The Balaban J connectivity index is 2.07. The van der Waals surface area contributed by atoms with E-state index in [9.17, 15) is 0 Å². The summed E-state index contributed by atoms with van der Waals surface area (Å²) < 4.78 is 10.4. The Bertz CT molecular complexity index is 828. The fourth-order valence-corrected chi connectivity index (χ4v) is 2.64. The van der Waals surface area contributed by atoms with Crippen molar-refractivity contribution in [3.8, 4) is 5.75 Å². The number of nitrogens with one attached hydrogen (secondary N) is 1. The van der Waals surface area contributed by atoms with Crippen molar-refractivity contribution in [3.63, 3.8) is 0 Å². The Morgan fingerprint density at radius 1 is 1.33 bits per heavy atom. The molecule has 110 valence electrons. The topological polar surface area (TPSA) is 47.8 Å². The van der Waals surface area contributed by atoms with Crippen LogP contribution < -0.4 is 4.74 Å². The van der Waals surface area contributed by atoms with Gasteiger partial charge in [-0.15, -0.1) is 0 Å². The number of benzene rings is 1. The van der Waals surface area contributed by atoms with Crippen molar-refractivity contribution < 1.29 is 4.74 Å². The molecular weight excluding hydrogens is 284 g/mol. The summed E-state index contributed by atoms with van der Waals surface area (Å²) >= 11 is 5.45. The van der Waals surface area contributed by atoms with Gasteiger partial charge in [-0.05, 0) is 44.3 Å². The van der Waals surface area contributed by atoms with Gasteiger partial charge in [0, 0.05) is 13.2 Å². The zero-order valence-electron chi connectivity index (χ0n) is 12.3. The molecule has 0 fully saturated rings. The number of hydrogen-bond acceptors (Lipinski definition) is 3. The smallest absolute Gasteiger partial charge is 0.178 e. The molecule has 0 radical (unpaired) electrons. The van der Waals surface area contributed by atoms with Gasteiger partial charge in [-0.2, -0.15) is 5.10 Å². The van der Waals surface area contributed by atoms with Crippen molar-refractivity contribution >= 4 is 23.3 Å². The predicted octanol–water partition coefficient (Wildman–Crippen LogP) is 3.27. The van der Waals surface area contributed by atoms with Crippen molar-refractivity contribution in [1.29, 1.82) is 0 Å². The summed E-state index contributed by atoms with van der Waals surface area (Å²) in [4.78, 5) is 3.25. The molecule has 2 heterocycles. The number of aryl methyl sites for hydroxylation is 1. The molecule has 2 aromatic heterocycles. The van der Waals surface area contributed by atoms with Crippen LogP contribution in [0.25, 0.3) is 11.0 Å². The van der Waals surface area contributed by atoms with E-state index >= 15 is 0 Å². The van der Waals surface area contributed by atoms with E-state index in [-0.39, 0.29) is 6.10 Å². The molecule has 1 N–H and O–H groups in total. The van der Waals surface area contributed by atoms with Crippen LogP contribution in [0.5, 0.6) is 5.75 Å². The predicted molar refractivity (Wildman–Crippen MR) is 85.2 cm³/mol. The van der Waals surface area contributed by atoms with Crippen molar-refractivity contribution in [2.24, 2.45) is 7.05 Å². The van der Waals surface area contributed by atoms with Crippen LogP contribution in [-0.2, 0) is 13.6 Å². The zero-order valence-corrected chi connectivity index (χ0v) is 13.1. The van der Waals surface area contributed by atoms with E-state index in [1.165, 1.54) is 0 Å². The number of H-pyrrole nitrogens is 1. The minimum absolute atomic E-state index is 0.122. The Labute approximate surface area is 128 Å². The number of fused-ring (bicyclic) bond motifs is 1. The summed E-state index contributed by atoms with van der Waals surface area (Å²) in [5, 5.41) is 4.41. The highest BCUT2D eigenvalue weighted by Gasteiger charge is 2.11. The molecule has 1 aromatic carbocycles. The third-order valence-electron chi connectivity index (χ3n) is 3.22. The van der Waals surface area contributed by atoms with Gasteiger partial charge < -0.3 is 14.3 Å². The Morgan fingerprint density at radius 2 is 2.14 bits per heavy atom. The first-order chi connectivity index (χ1) is 10.0. The number of imidazole rings is 1. The lowest BCUT2D eigenvalue weighted by Gasteiger charge is -2.10. The minimum Gasteiger partial charge on any atom is -0.489 e. The summed E-state index contributed by atoms with van der Waals surface area (Å²) in [7, 11) is 1.91. The van der Waals surface area contributed by atoms with Gasteiger partial charge in [0.05, 0.1) is 23.9 Å². The molecule has 0 spiro atoms. The zero-order chi connectivity index (χ0) is 15.0. The molecule has 0 unspecified atom stereocenters. The molecule has 0 aliphatic carbocycles. The van der Waals surface area contributed by atoms with Gasteiger partial charge in [0.15, 0.2) is 4.77 Å². The summed E-state index contributed by atoms with van der Waals surface area (Å²) in [6, 6.07) is 7.98. The summed E-state index contributed by atoms with van der Waals surface area (Å²) in [6.45, 7) is 4.67. The summed E-state index contributed by atoms with van der Waals surface area (Å²) in [5.41, 5.74) is 2.95. The minimum atomic E-state index is 0.122. The first kappa shape index (κ1) is 13.9. The van der Waals surface area contributed by atoms with Crippen LogP contribution >= 0.6 is 12.2 Å². The highest BCUT2D eigenvalue weighted by molar-refractivity contribution is 7.71. The van der Waals surface area contributed by atoms with Crippen LogP contribution in [0.1, 0.15) is 19.5 Å². The largest absolute Gasteiger partial charge is 0.489 e. The highest BCUT2D eigenvalue weighted by atomic mass is 32.1. The molecule has 0 saturated carbocycles. The van der Waals surface area contributed by atoms with Gasteiger partial charge >= 0.3 is 0 Å². The molecular formula is C15H18N4OS. The van der Waals surface area contributed by atoms with E-state index in [1.807, 2.05) is 55.9 Å². The van der Waals surface area contributed by atoms with E-state index in [1.54, 1.807) is 4.68 Å². The lowest BCUT2D eigenvalue weighted by molar-refractivity contribution is 0.245. The fourth-order valence-electron chi connectivity index (χ4n) is 2.37. The highest BCUT2D eigenvalue weighted by Crippen LogP contribution is 2.26. The van der Waals surface area contributed by atoms with Crippen molar-refractivity contribution in [2.45, 2.75) is 26.5 Å². The van der Waals surface area contributed by atoms with Gasteiger partial charge in [-0.1, -0.05) is 6.07 Å². The molecule has 0 saturated heterocycles. The van der Waals surface area contributed by atoms with Crippen molar-refractivity contribution in [1.82, 2.24) is 19.3 Å². The standard InChI is InChI=1S/C15H18N4OS/c1-10(2)20-13-6-4-5-12-14(13)16-15(21)19(12)9-11-7-8-18(3)17-11/h4-8,10H,9H2,1-3H3,(H,16,21). The quantitative estimate of drug-likeness (QED) is 0.752. The molecule has 6 heteroatoms. The number of rotatable bonds is 4. The lowest BCUT2D eigenvalue weighted by atomic mass is 10.3. The summed E-state index contributed by atoms with van der Waals surface area (Å²) in [6.07, 6.45) is 2.05. The maximum atomic E-state index is 5.84. The van der Waals surface area contributed by atoms with E-state index in [0.29, 0.717) is 11.3 Å². The maximum absolute atomic E-state index is 5.84. The fraction of sp³-hybridized carbons (Fsp3) is 0.333. The molecule has 3 rings (SSSR count). The van der Waals surface area contributed by atoms with Gasteiger partial charge in [-0.3, -0.25) is 4.68 Å². The average Bonchev–Trinajstić information content (AvgIpc) is 2.96. The first-order valence-corrected chi connectivity index (χ1v) is 7.32. The number of nitrogens with zero attached hydrogens (tertiary/aromatic N) is 3. The Kier molecular flexibility index (Phi) is 3.55. The third-order valence-corrected chi connectivity index (χ3v) is 3.55. The van der Waals surface area contributed by atoms with Gasteiger partial charge in [-0.25, -0.2) is 0 Å². The number of para-hydroxylation sites is 1. The number of aromatic nitrogens is 4. The average molecular weight is 302 g/mol.